The molecule has 2 aliphatic rings. The molecule has 0 spiro atoms. The molecular weight excluding hydrogens is 351 g/mol. The average molecular weight is 372 g/mol. The zero-order valence-electron chi connectivity index (χ0n) is 11.1. The van der Waals surface area contributed by atoms with Gasteiger partial charge in [-0.25, -0.2) is 0 Å². The van der Waals surface area contributed by atoms with Crippen LogP contribution in [0.25, 0.3) is 0 Å². The Morgan fingerprint density at radius 2 is 2.16 bits per heavy atom. The fraction of sp³-hybridized carbons (Fsp3) is 0.571. The Hall–Kier alpha value is -0.850. The van der Waals surface area contributed by atoms with Crippen molar-refractivity contribution in [2.45, 2.75) is 31.1 Å². The van der Waals surface area contributed by atoms with Crippen LogP contribution in [-0.2, 0) is 5.41 Å². The van der Waals surface area contributed by atoms with Gasteiger partial charge in [0, 0.05) is 36.9 Å². The van der Waals surface area contributed by atoms with E-state index in [0.717, 1.165) is 32.0 Å². The third-order valence-corrected chi connectivity index (χ3v) is 4.01. The van der Waals surface area contributed by atoms with E-state index < -0.39 is 0 Å². The van der Waals surface area contributed by atoms with Gasteiger partial charge in [-0.1, -0.05) is 12.5 Å². The fourth-order valence-corrected chi connectivity index (χ4v) is 2.71. The predicted molar refractivity (Wildman–Crippen MR) is 88.1 cm³/mol. The standard InChI is InChI=1S/C14H20N4.HI/c1-2-8-15-12(5-1)14(6-3-7-14)11-18-13-16-9-4-10-17-13;/h1-2,5,8H,3-4,6-7,9-11H2,(H2,16,17,18);1H. The zero-order valence-corrected chi connectivity index (χ0v) is 13.4. The van der Waals surface area contributed by atoms with Crippen LogP contribution >= 0.6 is 24.0 Å². The van der Waals surface area contributed by atoms with Crippen LogP contribution in [0.3, 0.4) is 0 Å². The van der Waals surface area contributed by atoms with Gasteiger partial charge in [0.15, 0.2) is 5.96 Å². The highest BCUT2D eigenvalue weighted by atomic mass is 127. The monoisotopic (exact) mass is 372 g/mol. The molecule has 4 nitrogen and oxygen atoms in total. The molecule has 0 radical (unpaired) electrons. The van der Waals surface area contributed by atoms with E-state index >= 15 is 0 Å². The quantitative estimate of drug-likeness (QED) is 0.799. The Labute approximate surface area is 131 Å². The molecule has 0 saturated heterocycles. The fourth-order valence-electron chi connectivity index (χ4n) is 2.71. The summed E-state index contributed by atoms with van der Waals surface area (Å²) in [6.45, 7) is 2.91. The minimum absolute atomic E-state index is 0. The maximum atomic E-state index is 4.54. The van der Waals surface area contributed by atoms with Crippen LogP contribution in [-0.4, -0.2) is 30.6 Å². The van der Waals surface area contributed by atoms with Crippen LogP contribution < -0.4 is 10.6 Å². The van der Waals surface area contributed by atoms with Crippen LogP contribution in [0.2, 0.25) is 0 Å². The molecule has 0 atom stereocenters. The first kappa shape index (κ1) is 14.6. The third-order valence-electron chi connectivity index (χ3n) is 4.01. The lowest BCUT2D eigenvalue weighted by Crippen LogP contribution is -2.50. The van der Waals surface area contributed by atoms with E-state index in [2.05, 4.69) is 32.7 Å². The zero-order chi connectivity index (χ0) is 12.3. The lowest BCUT2D eigenvalue weighted by Gasteiger charge is -2.41. The van der Waals surface area contributed by atoms with Crippen LogP contribution in [0.4, 0.5) is 0 Å². The molecule has 1 aliphatic heterocycles. The first-order valence-electron chi connectivity index (χ1n) is 6.83. The van der Waals surface area contributed by atoms with Crippen LogP contribution in [0.5, 0.6) is 0 Å². The molecule has 0 amide bonds. The maximum Gasteiger partial charge on any atom is 0.191 e. The number of halogens is 1. The highest BCUT2D eigenvalue weighted by molar-refractivity contribution is 14.0. The number of rotatable bonds is 3. The molecule has 0 bridgehead atoms. The van der Waals surface area contributed by atoms with E-state index in [9.17, 15) is 0 Å². The van der Waals surface area contributed by atoms with Gasteiger partial charge in [-0.15, -0.1) is 24.0 Å². The van der Waals surface area contributed by atoms with Gasteiger partial charge in [-0.2, -0.15) is 0 Å². The van der Waals surface area contributed by atoms with Crippen LogP contribution in [0.1, 0.15) is 31.4 Å². The molecule has 3 rings (SSSR count). The number of hydrogen-bond acceptors (Lipinski definition) is 4. The van der Waals surface area contributed by atoms with E-state index in [-0.39, 0.29) is 29.4 Å². The SMILES string of the molecule is I.c1ccc(C2(CNC3=NCCCN3)CCC2)nc1. The molecule has 5 heteroatoms. The highest BCUT2D eigenvalue weighted by Gasteiger charge is 2.39. The number of nitrogens with one attached hydrogen (secondary N) is 2. The van der Waals surface area contributed by atoms with Gasteiger partial charge in [-0.3, -0.25) is 9.98 Å². The smallest absolute Gasteiger partial charge is 0.191 e. The number of guanidine groups is 1. The lowest BCUT2D eigenvalue weighted by molar-refractivity contribution is 0.236. The van der Waals surface area contributed by atoms with Crippen molar-refractivity contribution in [3.8, 4) is 0 Å². The van der Waals surface area contributed by atoms with Gasteiger partial charge in [0.2, 0.25) is 0 Å². The molecule has 104 valence electrons. The molecule has 1 aromatic heterocycles. The van der Waals surface area contributed by atoms with E-state index in [4.69, 9.17) is 0 Å². The topological polar surface area (TPSA) is 49.3 Å². The van der Waals surface area contributed by atoms with E-state index in [1.807, 2.05) is 12.3 Å². The second kappa shape index (κ2) is 6.54. The van der Waals surface area contributed by atoms with Crippen molar-refractivity contribution < 1.29 is 0 Å². The molecule has 1 saturated carbocycles. The third kappa shape index (κ3) is 3.19. The molecule has 1 fully saturated rings. The Morgan fingerprint density at radius 3 is 2.74 bits per heavy atom. The van der Waals surface area contributed by atoms with E-state index in [1.54, 1.807) is 0 Å². The van der Waals surface area contributed by atoms with Gasteiger partial charge in [0.05, 0.1) is 0 Å². The second-order valence-electron chi connectivity index (χ2n) is 5.21. The van der Waals surface area contributed by atoms with Crippen molar-refractivity contribution in [2.75, 3.05) is 19.6 Å². The summed E-state index contributed by atoms with van der Waals surface area (Å²) in [6.07, 6.45) is 6.79. The van der Waals surface area contributed by atoms with Crippen LogP contribution in [0, 0.1) is 0 Å². The molecular formula is C14H21IN4. The molecule has 2 heterocycles. The van der Waals surface area contributed by atoms with Crippen molar-refractivity contribution in [1.82, 2.24) is 15.6 Å². The highest BCUT2D eigenvalue weighted by Crippen LogP contribution is 2.42. The summed E-state index contributed by atoms with van der Waals surface area (Å²) in [7, 11) is 0. The number of pyridine rings is 1. The molecule has 2 N–H and O–H groups in total. The van der Waals surface area contributed by atoms with E-state index in [0.29, 0.717) is 0 Å². The first-order valence-corrected chi connectivity index (χ1v) is 6.83. The lowest BCUT2D eigenvalue weighted by atomic mass is 9.66. The maximum absolute atomic E-state index is 4.54. The molecule has 1 aliphatic carbocycles. The first-order chi connectivity index (χ1) is 8.89. The van der Waals surface area contributed by atoms with Gasteiger partial charge < -0.3 is 10.6 Å². The summed E-state index contributed by atoms with van der Waals surface area (Å²) in [5, 5.41) is 6.77. The number of aromatic nitrogens is 1. The Morgan fingerprint density at radius 1 is 1.26 bits per heavy atom. The normalized spacial score (nSPS) is 20.3. The summed E-state index contributed by atoms with van der Waals surface area (Å²) in [5.41, 5.74) is 1.45. The van der Waals surface area contributed by atoms with Gasteiger partial charge in [0.1, 0.15) is 0 Å². The Balaban J connectivity index is 0.00000133. The van der Waals surface area contributed by atoms with Crippen LogP contribution in [0.15, 0.2) is 29.4 Å². The van der Waals surface area contributed by atoms with Gasteiger partial charge in [0.25, 0.3) is 0 Å². The van der Waals surface area contributed by atoms with Crippen molar-refractivity contribution in [3.63, 3.8) is 0 Å². The number of hydrogen-bond donors (Lipinski definition) is 2. The van der Waals surface area contributed by atoms with Gasteiger partial charge >= 0.3 is 0 Å². The summed E-state index contributed by atoms with van der Waals surface area (Å²) in [5.74, 6) is 0.962. The number of aliphatic imine (C=N–C) groups is 1. The average Bonchev–Trinajstić information content (AvgIpc) is 2.40. The summed E-state index contributed by atoms with van der Waals surface area (Å²) < 4.78 is 0. The molecule has 19 heavy (non-hydrogen) atoms. The minimum Gasteiger partial charge on any atom is -0.356 e. The Kier molecular flexibility index (Phi) is 5.01. The predicted octanol–water partition coefficient (Wildman–Crippen LogP) is 2.06. The summed E-state index contributed by atoms with van der Waals surface area (Å²) in [4.78, 5) is 8.99. The number of nitrogens with zero attached hydrogens (tertiary/aromatic N) is 2. The van der Waals surface area contributed by atoms with Crippen molar-refractivity contribution in [2.24, 2.45) is 4.99 Å². The minimum atomic E-state index is 0. The molecule has 0 unspecified atom stereocenters. The Bertz CT molecular complexity index is 428. The summed E-state index contributed by atoms with van der Waals surface area (Å²) >= 11 is 0. The van der Waals surface area contributed by atoms with Crippen molar-refractivity contribution in [1.29, 1.82) is 0 Å². The van der Waals surface area contributed by atoms with E-state index in [1.165, 1.54) is 25.0 Å². The molecule has 1 aromatic rings. The van der Waals surface area contributed by atoms with Gasteiger partial charge in [-0.05, 0) is 31.4 Å². The molecule has 0 aromatic carbocycles. The largest absolute Gasteiger partial charge is 0.356 e. The van der Waals surface area contributed by atoms with Crippen molar-refractivity contribution >= 4 is 29.9 Å². The second-order valence-corrected chi connectivity index (χ2v) is 5.21. The summed E-state index contributed by atoms with van der Waals surface area (Å²) in [6, 6.07) is 6.21. The van der Waals surface area contributed by atoms with Crippen molar-refractivity contribution in [3.05, 3.63) is 30.1 Å².